The monoisotopic (exact) mass is 1470 g/mol. The van der Waals surface area contributed by atoms with Gasteiger partial charge in [0.1, 0.15) is 12.2 Å². The number of hydrogen-bond acceptors (Lipinski definition) is 12. The first kappa shape index (κ1) is 80.8. The van der Waals surface area contributed by atoms with E-state index < -0.39 is 44.7 Å². The van der Waals surface area contributed by atoms with E-state index in [0.717, 1.165) is 115 Å². The molecule has 2 aromatic rings. The lowest BCUT2D eigenvalue weighted by atomic mass is 9.32. The van der Waals surface area contributed by atoms with Gasteiger partial charge in [0.2, 0.25) is 10.0 Å². The van der Waals surface area contributed by atoms with Crippen molar-refractivity contribution in [3.05, 3.63) is 95.1 Å². The number of aromatic carboxylic acids is 1. The molecular formula is C91H127NO13S. The maximum absolute atomic E-state index is 13.3. The van der Waals surface area contributed by atoms with E-state index in [2.05, 4.69) is 125 Å². The van der Waals surface area contributed by atoms with Gasteiger partial charge in [-0.05, 0) is 286 Å². The first-order valence-electron chi connectivity index (χ1n) is 40.1. The number of fused-ring (bicyclic) bond motifs is 14. The zero-order valence-electron chi connectivity index (χ0n) is 67.8. The van der Waals surface area contributed by atoms with Crippen LogP contribution in [0.2, 0.25) is 0 Å². The largest absolute Gasteiger partial charge is 0.478 e. The Morgan fingerprint density at radius 1 is 0.500 bits per heavy atom. The minimum Gasteiger partial charge on any atom is -0.478 e. The minimum absolute atomic E-state index is 0.00212. The highest BCUT2D eigenvalue weighted by Crippen LogP contribution is 2.80. The summed E-state index contributed by atoms with van der Waals surface area (Å²) >= 11 is 0. The molecule has 14 nitrogen and oxygen atoms in total. The van der Waals surface area contributed by atoms with Gasteiger partial charge in [0.15, 0.2) is 0 Å². The lowest BCUT2D eigenvalue weighted by Crippen LogP contribution is -2.66. The lowest BCUT2D eigenvalue weighted by Gasteiger charge is -2.72. The van der Waals surface area contributed by atoms with E-state index in [4.69, 9.17) is 18.9 Å². The number of esters is 4. The summed E-state index contributed by atoms with van der Waals surface area (Å²) in [6.45, 7) is 45.2. The Labute approximate surface area is 635 Å². The Morgan fingerprint density at radius 3 is 1.25 bits per heavy atom. The van der Waals surface area contributed by atoms with E-state index in [-0.39, 0.29) is 102 Å². The van der Waals surface area contributed by atoms with E-state index in [1.165, 1.54) is 44.6 Å². The van der Waals surface area contributed by atoms with Crippen molar-refractivity contribution in [2.75, 3.05) is 20.5 Å². The number of allylic oxidation sites excluding steroid dienone is 2. The summed E-state index contributed by atoms with van der Waals surface area (Å²) in [6, 6.07) is 14.2. The van der Waals surface area contributed by atoms with Gasteiger partial charge in [-0.25, -0.2) is 17.9 Å². The first-order chi connectivity index (χ1) is 49.2. The summed E-state index contributed by atoms with van der Waals surface area (Å²) in [5.41, 5.74) is 2.45. The molecule has 15 heteroatoms. The van der Waals surface area contributed by atoms with Crippen LogP contribution < -0.4 is 4.72 Å². The fourth-order valence-corrected chi connectivity index (χ4v) is 27.5. The molecule has 0 heterocycles. The van der Waals surface area contributed by atoms with Gasteiger partial charge in [0, 0.05) is 32.8 Å². The van der Waals surface area contributed by atoms with E-state index in [9.17, 15) is 42.3 Å². The zero-order valence-corrected chi connectivity index (χ0v) is 68.6. The van der Waals surface area contributed by atoms with Crippen molar-refractivity contribution in [2.45, 2.75) is 264 Å². The van der Waals surface area contributed by atoms with Gasteiger partial charge in [0.25, 0.3) is 5.91 Å². The fraction of sp³-hybridized carbons (Fsp3) is 0.714. The van der Waals surface area contributed by atoms with Crippen LogP contribution in [0.1, 0.15) is 284 Å². The molecule has 0 aromatic heterocycles. The molecule has 0 saturated heterocycles. The quantitative estimate of drug-likeness (QED) is 0.0830. The van der Waals surface area contributed by atoms with E-state index in [0.29, 0.717) is 70.3 Å². The predicted octanol–water partition coefficient (Wildman–Crippen LogP) is 18.8. The molecule has 0 radical (unpaired) electrons. The number of nitrogens with one attached hydrogen (secondary N) is 1. The molecule has 106 heavy (non-hydrogen) atoms. The summed E-state index contributed by atoms with van der Waals surface area (Å²) in [5, 5.41) is 9.87. The van der Waals surface area contributed by atoms with Crippen molar-refractivity contribution >= 4 is 45.8 Å². The summed E-state index contributed by atoms with van der Waals surface area (Å²) in [7, 11) is -1.00. The zero-order chi connectivity index (χ0) is 77.9. The molecule has 10 saturated carbocycles. The summed E-state index contributed by atoms with van der Waals surface area (Å²) < 4.78 is 48.4. The smallest absolute Gasteiger partial charge is 0.336 e. The van der Waals surface area contributed by atoms with E-state index in [1.54, 1.807) is 52.0 Å². The predicted molar refractivity (Wildman–Crippen MR) is 414 cm³/mol. The first-order valence-corrected chi connectivity index (χ1v) is 42.0. The molecule has 10 aliphatic rings. The Hall–Kier alpha value is -6.19. The molecular weight excluding hydrogens is 1350 g/mol. The number of carboxylic acid groups (broad SMARTS) is 1. The number of benzene rings is 2. The molecule has 8 unspecified atom stereocenters. The number of carboxylic acids is 1. The van der Waals surface area contributed by atoms with Crippen LogP contribution in [0.5, 0.6) is 0 Å². The number of amides is 1. The number of hydrogen-bond donors (Lipinski definition) is 2. The van der Waals surface area contributed by atoms with Crippen LogP contribution in [0, 0.1) is 148 Å². The van der Waals surface area contributed by atoms with Crippen LogP contribution in [0.3, 0.4) is 0 Å². The third-order valence-electron chi connectivity index (χ3n) is 32.7. The van der Waals surface area contributed by atoms with Crippen molar-refractivity contribution in [2.24, 2.45) is 124 Å². The molecule has 10 fully saturated rings. The summed E-state index contributed by atoms with van der Waals surface area (Å²) in [5.74, 6) is 16.0. The van der Waals surface area contributed by atoms with Gasteiger partial charge in [0.05, 0.1) is 55.3 Å². The van der Waals surface area contributed by atoms with Gasteiger partial charge in [-0.1, -0.05) is 141 Å². The maximum atomic E-state index is 13.3. The van der Waals surface area contributed by atoms with Crippen LogP contribution in [-0.2, 0) is 48.1 Å². The Kier molecular flexibility index (Phi) is 21.6. The van der Waals surface area contributed by atoms with Crippen molar-refractivity contribution in [1.82, 2.24) is 4.72 Å². The average Bonchev–Trinajstić information content (AvgIpc) is 0.906. The van der Waals surface area contributed by atoms with Crippen LogP contribution in [-0.4, -0.2) is 82.0 Å². The summed E-state index contributed by atoms with van der Waals surface area (Å²) in [4.78, 5) is 76.2. The van der Waals surface area contributed by atoms with Crippen molar-refractivity contribution in [3.8, 4) is 23.7 Å². The average molecular weight is 1480 g/mol. The molecule has 1 amide bonds. The number of sulfonamides is 1. The molecule has 20 atom stereocenters. The van der Waals surface area contributed by atoms with Gasteiger partial charge in [-0.2, -0.15) is 0 Å². The van der Waals surface area contributed by atoms with Gasteiger partial charge in [-0.15, -0.1) is 0 Å². The second-order valence-corrected chi connectivity index (χ2v) is 41.3. The molecule has 0 aliphatic heterocycles. The number of ether oxygens (including phenoxy) is 4. The van der Waals surface area contributed by atoms with E-state index in [1.807, 2.05) is 24.3 Å². The van der Waals surface area contributed by atoms with Crippen LogP contribution >= 0.6 is 0 Å². The maximum Gasteiger partial charge on any atom is 0.336 e. The van der Waals surface area contributed by atoms with Gasteiger partial charge >= 0.3 is 29.8 Å². The van der Waals surface area contributed by atoms with Crippen molar-refractivity contribution < 1.29 is 61.2 Å². The lowest BCUT2D eigenvalue weighted by molar-refractivity contribution is -0.247. The SMILES string of the molecule is C=C(C)[C@@H]1CC[C@]2(C#Cc3ccccc3C(=O)NS(C)(=O)=O)CC[C@]3(C)C(CCC4[C@@]5(C)CC[C@H](OC(=O)CC(C)(C)C(=O)OC)C(C)(C)C5CC[C@]43C)C12.C=C(C)[C@@H]1CC[C@]2(C#Cc3ccccc3C(=O)O)CC[C@]3(C)C(CCC4[C@@]5(C)CC[C@H](OC(=O)CC(C)(C)C(=O)OC)C(C)(C)C5CC[C@]43C)C12. The molecule has 2 aromatic carbocycles. The standard InChI is InChI=1S/C46H65NO7S.C45H62O6/c1-29(2)31-19-25-46(24-18-30-14-12-13-15-32(30)39(49)47-55(11,51)52)27-26-44(8)33(38(31)46)16-17-35-43(7)22-21-36(42(5,6)34(43)20-23-45(35,44)9)54-37(48)28-41(3,4)40(50)53-10;1-28(2)30-18-24-45(23-17-29-13-11-12-14-31(29)38(47)48)26-25-43(8)32(37(30)45)15-16-34-42(7)21-20-35(41(5,6)33(42)19-22-44(34,43)9)51-36(46)27-40(3,4)39(49)50-10/h12-15,31,33-36,38H,1,16-17,19-23,25-28H2,2-11H3,(H,47,49);11-14,30,32-35,37H,1,15-16,18-22,24-27H2,2-10H3,(H,47,48)/t31-,33?,34?,35?,36-,38?,43-,44+,45+,46+;30-,32?,33?,34?,35-,37?,42-,43+,44+,45+/m00/s1. The molecule has 580 valence electrons. The van der Waals surface area contributed by atoms with Gasteiger partial charge < -0.3 is 24.1 Å². The second kappa shape index (κ2) is 28.3. The Bertz CT molecular complexity index is 4100. The highest BCUT2D eigenvalue weighted by molar-refractivity contribution is 7.89. The number of carbonyl (C=O) groups is 6. The minimum atomic E-state index is -3.72. The fourth-order valence-electron chi connectivity index (χ4n) is 27.1. The van der Waals surface area contributed by atoms with Crippen LogP contribution in [0.4, 0.5) is 0 Å². The van der Waals surface area contributed by atoms with Crippen LogP contribution in [0.15, 0.2) is 72.8 Å². The molecule has 12 rings (SSSR count). The second-order valence-electron chi connectivity index (χ2n) is 39.6. The number of methoxy groups -OCH3 is 2. The Morgan fingerprint density at radius 2 is 0.877 bits per heavy atom. The third kappa shape index (κ3) is 13.5. The van der Waals surface area contributed by atoms with E-state index >= 15 is 0 Å². The molecule has 0 bridgehead atoms. The Balaban J connectivity index is 0.000000212. The third-order valence-corrected chi connectivity index (χ3v) is 33.3. The molecule has 0 spiro atoms. The number of rotatable bonds is 13. The summed E-state index contributed by atoms with van der Waals surface area (Å²) in [6.07, 6.45) is 22.0. The molecule has 2 N–H and O–H groups in total. The highest BCUT2D eigenvalue weighted by Gasteiger charge is 2.74. The van der Waals surface area contributed by atoms with Crippen molar-refractivity contribution in [1.29, 1.82) is 0 Å². The van der Waals surface area contributed by atoms with Gasteiger partial charge in [-0.3, -0.25) is 24.0 Å². The topological polar surface area (TPSA) is 206 Å². The highest BCUT2D eigenvalue weighted by atomic mass is 32.2. The van der Waals surface area contributed by atoms with Crippen LogP contribution in [0.25, 0.3) is 0 Å². The van der Waals surface area contributed by atoms with Crippen molar-refractivity contribution in [3.63, 3.8) is 0 Å². The number of carbonyl (C=O) groups excluding carboxylic acids is 5. The molecule has 10 aliphatic carbocycles. The normalized spacial score (nSPS) is 38.6.